The van der Waals surface area contributed by atoms with Gasteiger partial charge in [-0.25, -0.2) is 4.79 Å². The van der Waals surface area contributed by atoms with Crippen molar-refractivity contribution in [3.05, 3.63) is 71.8 Å². The molecule has 3 rings (SSSR count). The van der Waals surface area contributed by atoms with Gasteiger partial charge in [-0.1, -0.05) is 74.5 Å². The molecular weight excluding hydrogens is 470 g/mol. The van der Waals surface area contributed by atoms with Crippen LogP contribution in [-0.4, -0.2) is 54.3 Å². The van der Waals surface area contributed by atoms with Gasteiger partial charge in [0.05, 0.1) is 19.6 Å². The van der Waals surface area contributed by atoms with Crippen LogP contribution in [0, 0.1) is 5.92 Å². The fourth-order valence-electron chi connectivity index (χ4n) is 4.54. The summed E-state index contributed by atoms with van der Waals surface area (Å²) in [6, 6.07) is 17.7. The predicted octanol–water partition coefficient (Wildman–Crippen LogP) is 3.17. The second-order valence-electron chi connectivity index (χ2n) is 9.84. The summed E-state index contributed by atoms with van der Waals surface area (Å²) < 4.78 is 4.86. The summed E-state index contributed by atoms with van der Waals surface area (Å²) in [5.41, 5.74) is 1.98. The molecule has 37 heavy (non-hydrogen) atoms. The Labute approximate surface area is 218 Å². The zero-order valence-corrected chi connectivity index (χ0v) is 21.8. The van der Waals surface area contributed by atoms with Crippen LogP contribution in [0.2, 0.25) is 0 Å². The van der Waals surface area contributed by atoms with Crippen molar-refractivity contribution >= 4 is 23.7 Å². The molecule has 1 unspecified atom stereocenters. The fraction of sp³-hybridized carbons (Fsp3) is 0.448. The highest BCUT2D eigenvalue weighted by molar-refractivity contribution is 5.91. The van der Waals surface area contributed by atoms with Crippen molar-refractivity contribution < 1.29 is 23.9 Å². The zero-order chi connectivity index (χ0) is 26.8. The van der Waals surface area contributed by atoms with Crippen molar-refractivity contribution in [1.82, 2.24) is 15.5 Å². The van der Waals surface area contributed by atoms with Gasteiger partial charge in [0.25, 0.3) is 0 Å². The number of esters is 1. The summed E-state index contributed by atoms with van der Waals surface area (Å²) in [5.74, 6) is -0.988. The van der Waals surface area contributed by atoms with Crippen LogP contribution < -0.4 is 10.6 Å². The Hall–Kier alpha value is -3.68. The lowest BCUT2D eigenvalue weighted by atomic mass is 9.93. The number of rotatable bonds is 13. The molecule has 198 valence electrons. The van der Waals surface area contributed by atoms with Gasteiger partial charge in [-0.3, -0.25) is 14.4 Å². The number of benzene rings is 2. The summed E-state index contributed by atoms with van der Waals surface area (Å²) in [6.45, 7) is 4.38. The van der Waals surface area contributed by atoms with Crippen molar-refractivity contribution in [3.8, 4) is 0 Å². The van der Waals surface area contributed by atoms with E-state index in [2.05, 4.69) is 10.6 Å². The first kappa shape index (κ1) is 27.9. The molecule has 3 atom stereocenters. The Balaban J connectivity index is 1.59. The van der Waals surface area contributed by atoms with E-state index >= 15 is 0 Å². The number of carbonyl (C=O) groups excluding carboxylic acids is 4. The fourth-order valence-corrected chi connectivity index (χ4v) is 4.54. The van der Waals surface area contributed by atoms with Crippen LogP contribution >= 0.6 is 0 Å². The largest absolute Gasteiger partial charge is 0.467 e. The number of hydrogen-bond acceptors (Lipinski definition) is 5. The normalized spacial score (nSPS) is 16.5. The first-order valence-electron chi connectivity index (χ1n) is 12.8. The third kappa shape index (κ3) is 8.17. The monoisotopic (exact) mass is 507 g/mol. The van der Waals surface area contributed by atoms with E-state index in [9.17, 15) is 19.2 Å². The maximum atomic E-state index is 13.2. The van der Waals surface area contributed by atoms with Crippen LogP contribution in [0.4, 0.5) is 0 Å². The number of β-lactam (4-membered cyclic amide) rings is 1. The lowest BCUT2D eigenvalue weighted by molar-refractivity contribution is -0.147. The van der Waals surface area contributed by atoms with Gasteiger partial charge in [0.15, 0.2) is 0 Å². The summed E-state index contributed by atoms with van der Waals surface area (Å²) in [6.07, 6.45) is 1.85. The van der Waals surface area contributed by atoms with E-state index in [-0.39, 0.29) is 36.6 Å². The molecule has 0 aliphatic carbocycles. The molecule has 0 saturated carbocycles. The predicted molar refractivity (Wildman–Crippen MR) is 140 cm³/mol. The summed E-state index contributed by atoms with van der Waals surface area (Å²) in [5, 5.41) is 5.60. The molecule has 2 N–H and O–H groups in total. The maximum absolute atomic E-state index is 13.2. The quantitative estimate of drug-likeness (QED) is 0.320. The smallest absolute Gasteiger partial charge is 0.328 e. The van der Waals surface area contributed by atoms with Crippen LogP contribution in [0.15, 0.2) is 60.7 Å². The van der Waals surface area contributed by atoms with E-state index in [4.69, 9.17) is 4.74 Å². The van der Waals surface area contributed by atoms with Crippen molar-refractivity contribution in [2.75, 3.05) is 13.7 Å². The van der Waals surface area contributed by atoms with Crippen LogP contribution in [0.1, 0.15) is 56.7 Å². The van der Waals surface area contributed by atoms with Crippen LogP contribution in [0.5, 0.6) is 0 Å². The molecule has 2 aromatic rings. The second-order valence-corrected chi connectivity index (χ2v) is 9.84. The van der Waals surface area contributed by atoms with Gasteiger partial charge >= 0.3 is 5.97 Å². The first-order chi connectivity index (χ1) is 17.8. The number of nitrogens with zero attached hydrogens (tertiary/aromatic N) is 1. The number of ether oxygens (including phenoxy) is 1. The van der Waals surface area contributed by atoms with E-state index in [1.165, 1.54) is 7.11 Å². The van der Waals surface area contributed by atoms with E-state index < -0.39 is 24.0 Å². The highest BCUT2D eigenvalue weighted by atomic mass is 16.5. The standard InChI is InChI=1S/C29H37N3O5/c1-20(2)17-24(29(36)37-3)31-28(35)23(18-21-11-6-4-7-12-21)30-26(33)15-10-16-32-25(19-27(32)34)22-13-8-5-9-14-22/h4-9,11-14,20,23-25H,10,15-19H2,1-3H3,(H,30,33)(H,31,35)/t23-,24-,25?/m0/s1. The van der Waals surface area contributed by atoms with Crippen molar-refractivity contribution in [1.29, 1.82) is 0 Å². The van der Waals surface area contributed by atoms with E-state index in [1.807, 2.05) is 74.5 Å². The average Bonchev–Trinajstić information content (AvgIpc) is 2.89. The molecule has 0 radical (unpaired) electrons. The third-order valence-corrected chi connectivity index (χ3v) is 6.50. The Bertz CT molecular complexity index is 1060. The van der Waals surface area contributed by atoms with Crippen LogP contribution in [-0.2, 0) is 30.3 Å². The highest BCUT2D eigenvalue weighted by Gasteiger charge is 2.36. The van der Waals surface area contributed by atoms with Crippen LogP contribution in [0.25, 0.3) is 0 Å². The molecule has 1 heterocycles. The van der Waals surface area contributed by atoms with Gasteiger partial charge in [-0.05, 0) is 29.9 Å². The minimum Gasteiger partial charge on any atom is -0.467 e. The Morgan fingerprint density at radius 3 is 2.22 bits per heavy atom. The van der Waals surface area contributed by atoms with Gasteiger partial charge in [0, 0.05) is 19.4 Å². The first-order valence-corrected chi connectivity index (χ1v) is 12.8. The number of nitrogens with one attached hydrogen (secondary N) is 2. The number of amides is 3. The van der Waals surface area contributed by atoms with Gasteiger partial charge in [-0.2, -0.15) is 0 Å². The molecular formula is C29H37N3O5. The Kier molecular flexibility index (Phi) is 10.2. The van der Waals surface area contributed by atoms with Crippen molar-refractivity contribution in [2.45, 2.75) is 64.1 Å². The molecule has 2 aromatic carbocycles. The minimum atomic E-state index is -0.850. The van der Waals surface area contributed by atoms with E-state index in [1.54, 1.807) is 4.90 Å². The van der Waals surface area contributed by atoms with E-state index in [0.717, 1.165) is 11.1 Å². The molecule has 8 nitrogen and oxygen atoms in total. The SMILES string of the molecule is COC(=O)[C@H](CC(C)C)NC(=O)[C@H](Cc1ccccc1)NC(=O)CCCN1C(=O)CC1c1ccccc1. The minimum absolute atomic E-state index is 0.0459. The number of carbonyl (C=O) groups is 4. The lowest BCUT2D eigenvalue weighted by Gasteiger charge is -2.41. The highest BCUT2D eigenvalue weighted by Crippen LogP contribution is 2.34. The van der Waals surface area contributed by atoms with Gasteiger partial charge in [-0.15, -0.1) is 0 Å². The molecule has 1 fully saturated rings. The zero-order valence-electron chi connectivity index (χ0n) is 21.8. The number of methoxy groups -OCH3 is 1. The molecule has 0 aromatic heterocycles. The Morgan fingerprint density at radius 1 is 0.973 bits per heavy atom. The molecule has 3 amide bonds. The van der Waals surface area contributed by atoms with Crippen LogP contribution in [0.3, 0.4) is 0 Å². The molecule has 1 aliphatic rings. The Morgan fingerprint density at radius 2 is 1.62 bits per heavy atom. The summed E-state index contributed by atoms with van der Waals surface area (Å²) >= 11 is 0. The van der Waals surface area contributed by atoms with Crippen molar-refractivity contribution in [2.24, 2.45) is 5.92 Å². The van der Waals surface area contributed by atoms with Crippen molar-refractivity contribution in [3.63, 3.8) is 0 Å². The number of likely N-dealkylation sites (tertiary alicyclic amines) is 1. The lowest BCUT2D eigenvalue weighted by Crippen LogP contribution is -2.53. The molecule has 0 bridgehead atoms. The molecule has 0 spiro atoms. The third-order valence-electron chi connectivity index (χ3n) is 6.50. The molecule has 1 saturated heterocycles. The average molecular weight is 508 g/mol. The summed E-state index contributed by atoms with van der Waals surface area (Å²) in [7, 11) is 1.29. The second kappa shape index (κ2) is 13.6. The summed E-state index contributed by atoms with van der Waals surface area (Å²) in [4.78, 5) is 52.2. The van der Waals surface area contributed by atoms with Gasteiger partial charge in [0.1, 0.15) is 12.1 Å². The molecule has 8 heteroatoms. The van der Waals surface area contributed by atoms with Gasteiger partial charge in [0.2, 0.25) is 17.7 Å². The van der Waals surface area contributed by atoms with E-state index in [0.29, 0.717) is 25.8 Å². The van der Waals surface area contributed by atoms with Gasteiger partial charge < -0.3 is 20.3 Å². The number of hydrogen-bond donors (Lipinski definition) is 2. The maximum Gasteiger partial charge on any atom is 0.328 e. The topological polar surface area (TPSA) is 105 Å². The molecule has 1 aliphatic heterocycles.